The van der Waals surface area contributed by atoms with E-state index in [4.69, 9.17) is 9.84 Å². The average molecular weight is 279 g/mol. The molecule has 0 saturated heterocycles. The molecule has 0 aromatic heterocycles. The lowest BCUT2D eigenvalue weighted by Gasteiger charge is -2.14. The standard InChI is InChI=1S/C15H21NO4/c1-10-4-6-13(20-3)12(8-10)9-14(17)16-11(2)5-7-15(18)19/h4,6,8,11H,5,7,9H2,1-3H3,(H,16,17)(H,18,19). The summed E-state index contributed by atoms with van der Waals surface area (Å²) in [6.07, 6.45) is 0.698. The molecule has 110 valence electrons. The van der Waals surface area contributed by atoms with Crippen molar-refractivity contribution < 1.29 is 19.4 Å². The van der Waals surface area contributed by atoms with Gasteiger partial charge in [0.15, 0.2) is 0 Å². The van der Waals surface area contributed by atoms with E-state index in [1.165, 1.54) is 0 Å². The molecule has 0 saturated carbocycles. The number of nitrogens with one attached hydrogen (secondary N) is 1. The minimum atomic E-state index is -0.855. The van der Waals surface area contributed by atoms with E-state index in [2.05, 4.69) is 5.32 Å². The van der Waals surface area contributed by atoms with Crippen molar-refractivity contribution in [1.82, 2.24) is 5.32 Å². The molecule has 0 spiro atoms. The van der Waals surface area contributed by atoms with E-state index < -0.39 is 5.97 Å². The van der Waals surface area contributed by atoms with Gasteiger partial charge in [0.05, 0.1) is 13.5 Å². The number of amides is 1. The highest BCUT2D eigenvalue weighted by molar-refractivity contribution is 5.79. The van der Waals surface area contributed by atoms with Crippen molar-refractivity contribution >= 4 is 11.9 Å². The van der Waals surface area contributed by atoms with Crippen LogP contribution in [0, 0.1) is 6.92 Å². The second-order valence-electron chi connectivity index (χ2n) is 4.89. The van der Waals surface area contributed by atoms with Crippen LogP contribution in [0.4, 0.5) is 0 Å². The normalized spacial score (nSPS) is 11.8. The molecule has 0 radical (unpaired) electrons. The van der Waals surface area contributed by atoms with Gasteiger partial charge in [-0.1, -0.05) is 17.7 Å². The molecule has 0 fully saturated rings. The molecule has 0 heterocycles. The second-order valence-corrected chi connectivity index (χ2v) is 4.89. The van der Waals surface area contributed by atoms with Crippen LogP contribution in [0.2, 0.25) is 0 Å². The number of benzene rings is 1. The highest BCUT2D eigenvalue weighted by Gasteiger charge is 2.12. The molecule has 20 heavy (non-hydrogen) atoms. The summed E-state index contributed by atoms with van der Waals surface area (Å²) >= 11 is 0. The van der Waals surface area contributed by atoms with Crippen molar-refractivity contribution in [2.45, 2.75) is 39.2 Å². The lowest BCUT2D eigenvalue weighted by molar-refractivity contribution is -0.137. The van der Waals surface area contributed by atoms with Gasteiger partial charge in [-0.15, -0.1) is 0 Å². The first-order valence-electron chi connectivity index (χ1n) is 6.57. The molecule has 5 heteroatoms. The highest BCUT2D eigenvalue weighted by atomic mass is 16.5. The van der Waals surface area contributed by atoms with Crippen LogP contribution in [-0.2, 0) is 16.0 Å². The van der Waals surface area contributed by atoms with Gasteiger partial charge in [-0.25, -0.2) is 0 Å². The van der Waals surface area contributed by atoms with Crippen molar-refractivity contribution in [2.24, 2.45) is 0 Å². The second kappa shape index (κ2) is 7.53. The number of ether oxygens (including phenoxy) is 1. The molecule has 0 aliphatic carbocycles. The molecule has 0 aliphatic rings. The highest BCUT2D eigenvalue weighted by Crippen LogP contribution is 2.20. The summed E-state index contributed by atoms with van der Waals surface area (Å²) in [6.45, 7) is 3.75. The summed E-state index contributed by atoms with van der Waals surface area (Å²) in [5.74, 6) is -0.304. The number of hydrogen-bond donors (Lipinski definition) is 2. The Bertz CT molecular complexity index is 485. The molecule has 5 nitrogen and oxygen atoms in total. The summed E-state index contributed by atoms with van der Waals surface area (Å²) in [7, 11) is 1.57. The summed E-state index contributed by atoms with van der Waals surface area (Å²) in [5.41, 5.74) is 1.89. The number of carboxylic acid groups (broad SMARTS) is 1. The van der Waals surface area contributed by atoms with Crippen LogP contribution in [0.15, 0.2) is 18.2 Å². The quantitative estimate of drug-likeness (QED) is 0.799. The van der Waals surface area contributed by atoms with E-state index in [0.717, 1.165) is 11.1 Å². The van der Waals surface area contributed by atoms with Crippen molar-refractivity contribution in [3.8, 4) is 5.75 Å². The van der Waals surface area contributed by atoms with Crippen LogP contribution in [0.3, 0.4) is 0 Å². The lowest BCUT2D eigenvalue weighted by Crippen LogP contribution is -2.34. The predicted octanol–water partition coefficient (Wildman–Crippen LogP) is 1.92. The number of aliphatic carboxylic acids is 1. The zero-order valence-corrected chi connectivity index (χ0v) is 12.1. The van der Waals surface area contributed by atoms with Crippen molar-refractivity contribution in [3.05, 3.63) is 29.3 Å². The van der Waals surface area contributed by atoms with Crippen molar-refractivity contribution in [1.29, 1.82) is 0 Å². The van der Waals surface area contributed by atoms with Gasteiger partial charge in [-0.2, -0.15) is 0 Å². The SMILES string of the molecule is COc1ccc(C)cc1CC(=O)NC(C)CCC(=O)O. The van der Waals surface area contributed by atoms with Crippen LogP contribution in [0.5, 0.6) is 5.75 Å². The van der Waals surface area contributed by atoms with Crippen molar-refractivity contribution in [2.75, 3.05) is 7.11 Å². The van der Waals surface area contributed by atoms with Crippen LogP contribution in [0.1, 0.15) is 30.9 Å². The Kier molecular flexibility index (Phi) is 6.03. The van der Waals surface area contributed by atoms with E-state index in [0.29, 0.717) is 12.2 Å². The summed E-state index contributed by atoms with van der Waals surface area (Å²) in [5, 5.41) is 11.4. The van der Waals surface area contributed by atoms with Gasteiger partial charge >= 0.3 is 5.97 Å². The van der Waals surface area contributed by atoms with Crippen LogP contribution >= 0.6 is 0 Å². The number of carbonyl (C=O) groups is 2. The van der Waals surface area contributed by atoms with Crippen molar-refractivity contribution in [3.63, 3.8) is 0 Å². The van der Waals surface area contributed by atoms with E-state index in [9.17, 15) is 9.59 Å². The third-order valence-corrected chi connectivity index (χ3v) is 2.99. The lowest BCUT2D eigenvalue weighted by atomic mass is 10.1. The van der Waals surface area contributed by atoms with Gasteiger partial charge < -0.3 is 15.2 Å². The fraction of sp³-hybridized carbons (Fsp3) is 0.467. The zero-order valence-electron chi connectivity index (χ0n) is 12.1. The molecule has 1 amide bonds. The van der Waals surface area contributed by atoms with Crippen LogP contribution in [-0.4, -0.2) is 30.1 Å². The first-order chi connectivity index (χ1) is 9.42. The number of methoxy groups -OCH3 is 1. The molecule has 2 N–H and O–H groups in total. The van der Waals surface area contributed by atoms with Crippen LogP contribution in [0.25, 0.3) is 0 Å². The summed E-state index contributed by atoms with van der Waals surface area (Å²) < 4.78 is 5.23. The Morgan fingerprint density at radius 1 is 1.40 bits per heavy atom. The van der Waals surface area contributed by atoms with Gasteiger partial charge in [0.25, 0.3) is 0 Å². The number of carboxylic acids is 1. The van der Waals surface area contributed by atoms with Crippen LogP contribution < -0.4 is 10.1 Å². The summed E-state index contributed by atoms with van der Waals surface area (Å²) in [6, 6.07) is 5.52. The Balaban J connectivity index is 2.57. The molecule has 0 aliphatic heterocycles. The minimum Gasteiger partial charge on any atom is -0.496 e. The molecular formula is C15H21NO4. The first kappa shape index (κ1) is 16.0. The fourth-order valence-corrected chi connectivity index (χ4v) is 1.96. The van der Waals surface area contributed by atoms with E-state index in [1.807, 2.05) is 25.1 Å². The molecule has 1 unspecified atom stereocenters. The molecule has 1 aromatic rings. The number of rotatable bonds is 7. The van der Waals surface area contributed by atoms with Gasteiger partial charge in [0, 0.05) is 18.0 Å². The molecule has 1 aromatic carbocycles. The maximum absolute atomic E-state index is 11.9. The Morgan fingerprint density at radius 3 is 2.70 bits per heavy atom. The number of aryl methyl sites for hydroxylation is 1. The topological polar surface area (TPSA) is 75.6 Å². The third kappa shape index (κ3) is 5.30. The largest absolute Gasteiger partial charge is 0.496 e. The van der Waals surface area contributed by atoms with E-state index in [-0.39, 0.29) is 24.8 Å². The average Bonchev–Trinajstić information content (AvgIpc) is 2.36. The zero-order chi connectivity index (χ0) is 15.1. The smallest absolute Gasteiger partial charge is 0.303 e. The van der Waals surface area contributed by atoms with E-state index >= 15 is 0 Å². The van der Waals surface area contributed by atoms with Gasteiger partial charge in [0.2, 0.25) is 5.91 Å². The van der Waals surface area contributed by atoms with Gasteiger partial charge in [-0.3, -0.25) is 9.59 Å². The fourth-order valence-electron chi connectivity index (χ4n) is 1.96. The Labute approximate surface area is 118 Å². The maximum atomic E-state index is 11.9. The molecule has 1 rings (SSSR count). The van der Waals surface area contributed by atoms with E-state index in [1.54, 1.807) is 14.0 Å². The summed E-state index contributed by atoms with van der Waals surface area (Å²) in [4.78, 5) is 22.4. The monoisotopic (exact) mass is 279 g/mol. The Hall–Kier alpha value is -2.04. The minimum absolute atomic E-state index is 0.0508. The maximum Gasteiger partial charge on any atom is 0.303 e. The molecule has 1 atom stereocenters. The number of hydrogen-bond acceptors (Lipinski definition) is 3. The molecule has 0 bridgehead atoms. The number of carbonyl (C=O) groups excluding carboxylic acids is 1. The Morgan fingerprint density at radius 2 is 2.10 bits per heavy atom. The van der Waals surface area contributed by atoms with Gasteiger partial charge in [0.1, 0.15) is 5.75 Å². The predicted molar refractivity (Wildman–Crippen MR) is 75.9 cm³/mol. The molecular weight excluding hydrogens is 258 g/mol. The third-order valence-electron chi connectivity index (χ3n) is 2.99. The van der Waals surface area contributed by atoms with Gasteiger partial charge in [-0.05, 0) is 26.3 Å². The first-order valence-corrected chi connectivity index (χ1v) is 6.57.